The molecule has 1 aliphatic heterocycles. The molecular formula is C15H22N2O5S2. The summed E-state index contributed by atoms with van der Waals surface area (Å²) in [7, 11) is -3.91. The second-order valence-corrected chi connectivity index (χ2v) is 7.74. The molecule has 9 heteroatoms. The Morgan fingerprint density at radius 2 is 1.62 bits per heavy atom. The van der Waals surface area contributed by atoms with Crippen molar-refractivity contribution in [1.82, 2.24) is 9.80 Å². The van der Waals surface area contributed by atoms with Gasteiger partial charge >= 0.3 is 5.97 Å². The molecule has 1 fully saturated rings. The minimum Gasteiger partial charge on any atom is -0.461 e. The maximum absolute atomic E-state index is 11.9. The number of carbonyl (C=O) groups excluding carboxylic acids is 1. The van der Waals surface area contributed by atoms with Crippen molar-refractivity contribution in [2.45, 2.75) is 4.90 Å². The monoisotopic (exact) mass is 374 g/mol. The van der Waals surface area contributed by atoms with Crippen LogP contribution in [0.3, 0.4) is 0 Å². The van der Waals surface area contributed by atoms with Gasteiger partial charge in [-0.25, -0.2) is 4.79 Å². The zero-order valence-corrected chi connectivity index (χ0v) is 15.0. The summed E-state index contributed by atoms with van der Waals surface area (Å²) in [4.78, 5) is 16.8. The maximum Gasteiger partial charge on any atom is 0.338 e. The first-order chi connectivity index (χ1) is 11.3. The summed E-state index contributed by atoms with van der Waals surface area (Å²) in [5, 5.41) is 0. The molecule has 1 N–H and O–H groups in total. The summed E-state index contributed by atoms with van der Waals surface area (Å²) >= 11 is 4.17. The fourth-order valence-electron chi connectivity index (χ4n) is 2.43. The van der Waals surface area contributed by atoms with E-state index in [2.05, 4.69) is 17.5 Å². The first kappa shape index (κ1) is 19.2. The van der Waals surface area contributed by atoms with Crippen LogP contribution in [0.1, 0.15) is 10.4 Å². The molecule has 1 saturated heterocycles. The lowest BCUT2D eigenvalue weighted by Crippen LogP contribution is -2.48. The molecule has 1 aromatic carbocycles. The van der Waals surface area contributed by atoms with E-state index < -0.39 is 10.1 Å². The number of esters is 1. The molecule has 134 valence electrons. The van der Waals surface area contributed by atoms with Crippen LogP contribution in [0.5, 0.6) is 0 Å². The van der Waals surface area contributed by atoms with Crippen molar-refractivity contribution in [2.24, 2.45) is 0 Å². The zero-order valence-electron chi connectivity index (χ0n) is 13.3. The predicted molar refractivity (Wildman–Crippen MR) is 93.3 cm³/mol. The Balaban J connectivity index is 1.64. The van der Waals surface area contributed by atoms with Crippen LogP contribution >= 0.6 is 12.6 Å². The number of benzene rings is 1. The van der Waals surface area contributed by atoms with Gasteiger partial charge in [-0.05, 0) is 24.3 Å². The number of nitrogens with zero attached hydrogens (tertiary/aromatic N) is 2. The van der Waals surface area contributed by atoms with E-state index in [0.717, 1.165) is 31.1 Å². The highest BCUT2D eigenvalue weighted by Gasteiger charge is 2.18. The number of piperazine rings is 1. The first-order valence-corrected chi connectivity index (χ1v) is 9.75. The summed E-state index contributed by atoms with van der Waals surface area (Å²) < 4.78 is 35.5. The third-order valence-electron chi connectivity index (χ3n) is 3.87. The van der Waals surface area contributed by atoms with Crippen molar-refractivity contribution in [3.8, 4) is 0 Å². The van der Waals surface area contributed by atoms with E-state index in [0.29, 0.717) is 25.3 Å². The molecule has 0 unspecified atom stereocenters. The number of rotatable bonds is 7. The van der Waals surface area contributed by atoms with Gasteiger partial charge in [0.05, 0.1) is 11.3 Å². The maximum atomic E-state index is 11.9. The third-order valence-corrected chi connectivity index (χ3v) is 4.87. The van der Waals surface area contributed by atoms with Gasteiger partial charge in [0.25, 0.3) is 10.1 Å². The molecule has 0 aromatic heterocycles. The number of carbonyl (C=O) groups is 1. The summed E-state index contributed by atoms with van der Waals surface area (Å²) in [6.45, 7) is 4.30. The van der Waals surface area contributed by atoms with Crippen LogP contribution in [0.25, 0.3) is 0 Å². The molecule has 0 saturated carbocycles. The van der Waals surface area contributed by atoms with E-state index in [9.17, 15) is 13.2 Å². The van der Waals surface area contributed by atoms with Crippen LogP contribution in [-0.4, -0.2) is 80.4 Å². The smallest absolute Gasteiger partial charge is 0.338 e. The van der Waals surface area contributed by atoms with Gasteiger partial charge in [-0.1, -0.05) is 0 Å². The standard InChI is InChI=1S/C15H22N2O5S2/c18-15(13-1-3-14(23)4-2-13)22-11-9-16-5-7-17(8-6-16)10-12-24(19,20)21/h1-4,23H,5-12H2,(H,19,20,21). The molecule has 0 amide bonds. The second kappa shape index (κ2) is 8.82. The van der Waals surface area contributed by atoms with Crippen LogP contribution in [-0.2, 0) is 14.9 Å². The van der Waals surface area contributed by atoms with Gasteiger partial charge in [0.2, 0.25) is 0 Å². The van der Waals surface area contributed by atoms with Crippen molar-refractivity contribution in [2.75, 3.05) is 51.6 Å². The Morgan fingerprint density at radius 3 is 2.17 bits per heavy atom. The van der Waals surface area contributed by atoms with Crippen LogP contribution in [0, 0.1) is 0 Å². The van der Waals surface area contributed by atoms with Crippen molar-refractivity contribution < 1.29 is 22.5 Å². The molecule has 7 nitrogen and oxygen atoms in total. The van der Waals surface area contributed by atoms with E-state index in [1.54, 1.807) is 24.3 Å². The quantitative estimate of drug-likeness (QED) is 0.411. The highest BCUT2D eigenvalue weighted by Crippen LogP contribution is 2.09. The molecule has 1 aromatic rings. The van der Waals surface area contributed by atoms with E-state index in [1.807, 2.05) is 4.90 Å². The Kier molecular flexibility index (Phi) is 7.05. The minimum absolute atomic E-state index is 0.240. The van der Waals surface area contributed by atoms with E-state index >= 15 is 0 Å². The van der Waals surface area contributed by atoms with Crippen LogP contribution < -0.4 is 0 Å². The largest absolute Gasteiger partial charge is 0.461 e. The van der Waals surface area contributed by atoms with Gasteiger partial charge in [0.1, 0.15) is 6.61 Å². The minimum atomic E-state index is -3.91. The SMILES string of the molecule is O=C(OCCN1CCN(CCS(=O)(=O)O)CC1)c1ccc(S)cc1. The van der Waals surface area contributed by atoms with Gasteiger partial charge < -0.3 is 4.74 Å². The van der Waals surface area contributed by atoms with Crippen molar-refractivity contribution in [1.29, 1.82) is 0 Å². The van der Waals surface area contributed by atoms with Gasteiger partial charge in [-0.2, -0.15) is 8.42 Å². The van der Waals surface area contributed by atoms with E-state index in [1.165, 1.54) is 0 Å². The molecule has 0 radical (unpaired) electrons. The Labute approximate surface area is 147 Å². The van der Waals surface area contributed by atoms with Crippen LogP contribution in [0.4, 0.5) is 0 Å². The van der Waals surface area contributed by atoms with Gasteiger partial charge in [0, 0.05) is 44.2 Å². The van der Waals surface area contributed by atoms with E-state index in [-0.39, 0.29) is 11.7 Å². The van der Waals surface area contributed by atoms with Crippen molar-refractivity contribution in [3.05, 3.63) is 29.8 Å². The second-order valence-electron chi connectivity index (χ2n) is 5.65. The van der Waals surface area contributed by atoms with Crippen LogP contribution in [0.2, 0.25) is 0 Å². The highest BCUT2D eigenvalue weighted by atomic mass is 32.2. The molecule has 0 bridgehead atoms. The lowest BCUT2D eigenvalue weighted by Gasteiger charge is -2.34. The fourth-order valence-corrected chi connectivity index (χ4v) is 3.07. The van der Waals surface area contributed by atoms with Crippen molar-refractivity contribution in [3.63, 3.8) is 0 Å². The Bertz CT molecular complexity index is 640. The van der Waals surface area contributed by atoms with Gasteiger partial charge in [0.15, 0.2) is 0 Å². The average Bonchev–Trinajstić information content (AvgIpc) is 2.54. The van der Waals surface area contributed by atoms with Crippen molar-refractivity contribution >= 4 is 28.7 Å². The molecule has 1 aliphatic rings. The number of ether oxygens (including phenoxy) is 1. The third kappa shape index (κ3) is 6.78. The lowest BCUT2D eigenvalue weighted by atomic mass is 10.2. The molecule has 1 heterocycles. The molecule has 0 aliphatic carbocycles. The molecule has 0 atom stereocenters. The Morgan fingerprint density at radius 1 is 1.08 bits per heavy atom. The summed E-state index contributed by atoms with van der Waals surface area (Å²) in [5.74, 6) is -0.592. The summed E-state index contributed by atoms with van der Waals surface area (Å²) in [5.41, 5.74) is 0.503. The summed E-state index contributed by atoms with van der Waals surface area (Å²) in [6, 6.07) is 6.84. The number of hydrogen-bond acceptors (Lipinski definition) is 7. The van der Waals surface area contributed by atoms with Crippen LogP contribution in [0.15, 0.2) is 29.2 Å². The number of hydrogen-bond donors (Lipinski definition) is 2. The lowest BCUT2D eigenvalue weighted by molar-refractivity contribution is 0.0425. The summed E-state index contributed by atoms with van der Waals surface area (Å²) in [6.07, 6.45) is 0. The Hall–Kier alpha value is -1.13. The number of thiol groups is 1. The van der Waals surface area contributed by atoms with E-state index in [4.69, 9.17) is 9.29 Å². The van der Waals surface area contributed by atoms with Gasteiger partial charge in [-0.15, -0.1) is 12.6 Å². The zero-order chi connectivity index (χ0) is 17.6. The molecule has 2 rings (SSSR count). The highest BCUT2D eigenvalue weighted by molar-refractivity contribution is 7.85. The topological polar surface area (TPSA) is 87.2 Å². The predicted octanol–water partition coefficient (Wildman–Crippen LogP) is 0.638. The fraction of sp³-hybridized carbons (Fsp3) is 0.533. The van der Waals surface area contributed by atoms with Gasteiger partial charge in [-0.3, -0.25) is 14.4 Å². The first-order valence-electron chi connectivity index (χ1n) is 7.69. The molecule has 24 heavy (non-hydrogen) atoms. The molecule has 0 spiro atoms. The normalized spacial score (nSPS) is 16.9. The average molecular weight is 374 g/mol. The molecular weight excluding hydrogens is 352 g/mol.